The molecule has 0 spiro atoms. The minimum Gasteiger partial charge on any atom is -0.499 e. The second kappa shape index (κ2) is 8.49. The summed E-state index contributed by atoms with van der Waals surface area (Å²) in [6, 6.07) is -0.985. The SMILES string of the molecule is C=C1C=C(OC)[C@H](CCC)N1C(=O)[C@@H](CCC)NS(=O)(=O)CC. The highest BCUT2D eigenvalue weighted by molar-refractivity contribution is 7.89. The monoisotopic (exact) mass is 344 g/mol. The van der Waals surface area contributed by atoms with Gasteiger partial charge in [-0.15, -0.1) is 0 Å². The van der Waals surface area contributed by atoms with Crippen molar-refractivity contribution in [3.63, 3.8) is 0 Å². The van der Waals surface area contributed by atoms with E-state index < -0.39 is 16.1 Å². The lowest BCUT2D eigenvalue weighted by atomic mass is 10.1. The Morgan fingerprint density at radius 2 is 2.04 bits per heavy atom. The number of hydrogen-bond donors (Lipinski definition) is 1. The maximum atomic E-state index is 12.9. The Morgan fingerprint density at radius 3 is 2.52 bits per heavy atom. The van der Waals surface area contributed by atoms with Gasteiger partial charge in [-0.3, -0.25) is 4.79 Å². The Kier molecular flexibility index (Phi) is 7.28. The molecule has 0 fully saturated rings. The lowest BCUT2D eigenvalue weighted by Crippen LogP contribution is -2.50. The summed E-state index contributed by atoms with van der Waals surface area (Å²) in [6.07, 6.45) is 4.51. The van der Waals surface area contributed by atoms with Crippen molar-refractivity contribution < 1.29 is 17.9 Å². The van der Waals surface area contributed by atoms with Crippen LogP contribution in [0.4, 0.5) is 0 Å². The van der Waals surface area contributed by atoms with Crippen molar-refractivity contribution in [1.29, 1.82) is 0 Å². The second-order valence-electron chi connectivity index (χ2n) is 5.62. The molecular formula is C16H28N2O4S. The molecule has 7 heteroatoms. The van der Waals surface area contributed by atoms with Crippen LogP contribution in [0.5, 0.6) is 0 Å². The Morgan fingerprint density at radius 1 is 1.39 bits per heavy atom. The average Bonchev–Trinajstić information content (AvgIpc) is 2.82. The molecule has 1 aliphatic heterocycles. The number of nitrogens with one attached hydrogen (secondary N) is 1. The van der Waals surface area contributed by atoms with Crippen LogP contribution in [0.2, 0.25) is 0 Å². The zero-order valence-electron chi connectivity index (χ0n) is 14.5. The molecule has 1 amide bonds. The summed E-state index contributed by atoms with van der Waals surface area (Å²) >= 11 is 0. The van der Waals surface area contributed by atoms with Crippen LogP contribution in [0.1, 0.15) is 46.5 Å². The molecule has 0 radical (unpaired) electrons. The fourth-order valence-electron chi connectivity index (χ4n) is 2.68. The Hall–Kier alpha value is -1.34. The molecule has 6 nitrogen and oxygen atoms in total. The Balaban J connectivity index is 3.04. The Labute approximate surface area is 139 Å². The van der Waals surface area contributed by atoms with Gasteiger partial charge in [0.05, 0.1) is 18.9 Å². The van der Waals surface area contributed by atoms with Gasteiger partial charge in [-0.2, -0.15) is 0 Å². The van der Waals surface area contributed by atoms with Crippen LogP contribution in [0, 0.1) is 0 Å². The van der Waals surface area contributed by atoms with E-state index in [2.05, 4.69) is 11.3 Å². The highest BCUT2D eigenvalue weighted by atomic mass is 32.2. The first-order valence-electron chi connectivity index (χ1n) is 8.08. The number of allylic oxidation sites excluding steroid dienone is 1. The predicted octanol–water partition coefficient (Wildman–Crippen LogP) is 2.15. The fourth-order valence-corrected chi connectivity index (χ4v) is 3.50. The van der Waals surface area contributed by atoms with Crippen LogP contribution in [-0.4, -0.2) is 44.2 Å². The van der Waals surface area contributed by atoms with Crippen LogP contribution >= 0.6 is 0 Å². The molecule has 0 saturated heterocycles. The fraction of sp³-hybridized carbons (Fsp3) is 0.688. The normalized spacial score (nSPS) is 19.7. The van der Waals surface area contributed by atoms with Gasteiger partial charge in [0.1, 0.15) is 11.8 Å². The van der Waals surface area contributed by atoms with Crippen LogP contribution < -0.4 is 4.72 Å². The first-order chi connectivity index (χ1) is 10.8. The highest BCUT2D eigenvalue weighted by Crippen LogP contribution is 2.30. The first-order valence-corrected chi connectivity index (χ1v) is 9.74. The van der Waals surface area contributed by atoms with E-state index in [9.17, 15) is 13.2 Å². The number of rotatable bonds is 9. The van der Waals surface area contributed by atoms with Gasteiger partial charge in [-0.25, -0.2) is 13.1 Å². The third-order valence-electron chi connectivity index (χ3n) is 3.87. The summed E-state index contributed by atoms with van der Waals surface area (Å²) in [5, 5.41) is 0. The molecular weight excluding hydrogens is 316 g/mol. The second-order valence-corrected chi connectivity index (χ2v) is 7.66. The minimum absolute atomic E-state index is 0.0542. The van der Waals surface area contributed by atoms with Crippen molar-refractivity contribution in [2.75, 3.05) is 12.9 Å². The van der Waals surface area contributed by atoms with E-state index in [1.54, 1.807) is 25.0 Å². The van der Waals surface area contributed by atoms with Crippen molar-refractivity contribution in [3.05, 3.63) is 24.1 Å². The summed E-state index contributed by atoms with van der Waals surface area (Å²) in [5.74, 6) is 0.371. The standard InChI is InChI=1S/C16H28N2O4S/c1-6-9-13(17-23(20,21)8-3)16(19)18-12(4)11-15(22-5)14(18)10-7-2/h11,13-14,17H,4,6-10H2,1-3,5H3/t13-,14+/m1/s1. The summed E-state index contributed by atoms with van der Waals surface area (Å²) in [5.41, 5.74) is 0.544. The van der Waals surface area contributed by atoms with E-state index in [1.165, 1.54) is 0 Å². The maximum Gasteiger partial charge on any atom is 0.245 e. The molecule has 1 N–H and O–H groups in total. The van der Waals surface area contributed by atoms with Crippen LogP contribution in [0.3, 0.4) is 0 Å². The predicted molar refractivity (Wildman–Crippen MR) is 91.1 cm³/mol. The molecule has 0 aromatic rings. The number of methoxy groups -OCH3 is 1. The number of ether oxygens (including phenoxy) is 1. The molecule has 2 atom stereocenters. The summed E-state index contributed by atoms with van der Waals surface area (Å²) < 4.78 is 31.6. The average molecular weight is 344 g/mol. The molecule has 1 rings (SSSR count). The van der Waals surface area contributed by atoms with E-state index in [0.717, 1.165) is 12.8 Å². The van der Waals surface area contributed by atoms with Gasteiger partial charge < -0.3 is 9.64 Å². The topological polar surface area (TPSA) is 75.7 Å². The van der Waals surface area contributed by atoms with Crippen LogP contribution in [0.25, 0.3) is 0 Å². The largest absolute Gasteiger partial charge is 0.499 e. The zero-order valence-corrected chi connectivity index (χ0v) is 15.3. The van der Waals surface area contributed by atoms with E-state index in [-0.39, 0.29) is 17.7 Å². The quantitative estimate of drug-likeness (QED) is 0.695. The lowest BCUT2D eigenvalue weighted by Gasteiger charge is -2.30. The molecule has 0 aromatic heterocycles. The molecule has 132 valence electrons. The number of carbonyl (C=O) groups is 1. The number of hydrogen-bond acceptors (Lipinski definition) is 4. The zero-order chi connectivity index (χ0) is 17.6. The minimum atomic E-state index is -3.46. The van der Waals surface area contributed by atoms with E-state index >= 15 is 0 Å². The van der Waals surface area contributed by atoms with E-state index in [0.29, 0.717) is 24.3 Å². The molecule has 0 aromatic carbocycles. The summed E-state index contributed by atoms with van der Waals surface area (Å²) in [7, 11) is -1.89. The number of sulfonamides is 1. The third-order valence-corrected chi connectivity index (χ3v) is 5.27. The first kappa shape index (κ1) is 19.7. The molecule has 0 unspecified atom stereocenters. The van der Waals surface area contributed by atoms with Gasteiger partial charge in [-0.05, 0) is 19.8 Å². The van der Waals surface area contributed by atoms with Crippen LogP contribution in [0.15, 0.2) is 24.1 Å². The van der Waals surface area contributed by atoms with E-state index in [4.69, 9.17) is 4.74 Å². The van der Waals surface area contributed by atoms with Gasteiger partial charge in [0.2, 0.25) is 15.9 Å². The molecule has 0 bridgehead atoms. The van der Waals surface area contributed by atoms with Crippen molar-refractivity contribution in [1.82, 2.24) is 9.62 Å². The van der Waals surface area contributed by atoms with Crippen molar-refractivity contribution >= 4 is 15.9 Å². The van der Waals surface area contributed by atoms with Crippen LogP contribution in [-0.2, 0) is 19.6 Å². The van der Waals surface area contributed by atoms with Crippen molar-refractivity contribution in [2.24, 2.45) is 0 Å². The molecule has 1 heterocycles. The molecule has 0 saturated carbocycles. The third kappa shape index (κ3) is 4.81. The van der Waals surface area contributed by atoms with E-state index in [1.807, 2.05) is 13.8 Å². The van der Waals surface area contributed by atoms with Gasteiger partial charge in [0.25, 0.3) is 0 Å². The maximum absolute atomic E-state index is 12.9. The van der Waals surface area contributed by atoms with Gasteiger partial charge in [-0.1, -0.05) is 33.3 Å². The number of carbonyl (C=O) groups excluding carboxylic acids is 1. The summed E-state index contributed by atoms with van der Waals surface area (Å²) in [4.78, 5) is 14.5. The van der Waals surface area contributed by atoms with Gasteiger partial charge >= 0.3 is 0 Å². The lowest BCUT2D eigenvalue weighted by molar-refractivity contribution is -0.132. The molecule has 1 aliphatic rings. The molecule has 0 aliphatic carbocycles. The summed E-state index contributed by atoms with van der Waals surface area (Å²) in [6.45, 7) is 9.42. The van der Waals surface area contributed by atoms with Crippen molar-refractivity contribution in [3.8, 4) is 0 Å². The Bertz CT molecular complexity index is 569. The van der Waals surface area contributed by atoms with Crippen molar-refractivity contribution in [2.45, 2.75) is 58.5 Å². The van der Waals surface area contributed by atoms with Gasteiger partial charge in [0, 0.05) is 11.8 Å². The van der Waals surface area contributed by atoms with Gasteiger partial charge in [0.15, 0.2) is 0 Å². The number of nitrogens with zero attached hydrogens (tertiary/aromatic N) is 1. The highest BCUT2D eigenvalue weighted by Gasteiger charge is 2.38. The smallest absolute Gasteiger partial charge is 0.245 e. The molecule has 23 heavy (non-hydrogen) atoms. The number of amides is 1.